The third-order valence-corrected chi connectivity index (χ3v) is 5.01. The summed E-state index contributed by atoms with van der Waals surface area (Å²) in [5, 5.41) is 13.0. The molecular weight excluding hydrogens is 346 g/mol. The second-order valence-corrected chi connectivity index (χ2v) is 6.70. The first-order valence-electron chi connectivity index (χ1n) is 9.04. The molecule has 0 atom stereocenters. The highest BCUT2D eigenvalue weighted by Gasteiger charge is 2.11. The van der Waals surface area contributed by atoms with Gasteiger partial charge < -0.3 is 0 Å². The zero-order valence-electron chi connectivity index (χ0n) is 14.7. The molecule has 3 heterocycles. The Balaban J connectivity index is 1.63. The first-order chi connectivity index (χ1) is 13.9. The van der Waals surface area contributed by atoms with E-state index < -0.39 is 0 Å². The van der Waals surface area contributed by atoms with Gasteiger partial charge in [-0.05, 0) is 23.6 Å². The fraction of sp³-hybridized carbons (Fsp3) is 0. The Morgan fingerprint density at radius 1 is 0.536 bits per heavy atom. The van der Waals surface area contributed by atoms with Gasteiger partial charge in [0.1, 0.15) is 16.7 Å². The Hall–Kier alpha value is -3.99. The second-order valence-electron chi connectivity index (χ2n) is 6.70. The SMILES string of the molecule is c1ccc2c(c1)ccc1nnc(-c3ccc4ccc5cccnc5c4n3)nc12. The minimum atomic E-state index is 0.513. The van der Waals surface area contributed by atoms with E-state index in [-0.39, 0.29) is 0 Å². The van der Waals surface area contributed by atoms with Crippen molar-refractivity contribution in [1.82, 2.24) is 25.1 Å². The van der Waals surface area contributed by atoms with E-state index in [1.54, 1.807) is 6.20 Å². The predicted octanol–water partition coefficient (Wildman–Crippen LogP) is 4.94. The van der Waals surface area contributed by atoms with E-state index in [0.29, 0.717) is 11.5 Å². The molecule has 0 saturated heterocycles. The lowest BCUT2D eigenvalue weighted by atomic mass is 10.1. The molecule has 0 aliphatic rings. The molecule has 0 aliphatic carbocycles. The molecule has 5 heteroatoms. The fourth-order valence-electron chi connectivity index (χ4n) is 3.63. The third-order valence-electron chi connectivity index (χ3n) is 5.01. The monoisotopic (exact) mass is 359 g/mol. The van der Waals surface area contributed by atoms with Crippen LogP contribution < -0.4 is 0 Å². The summed E-state index contributed by atoms with van der Waals surface area (Å²) in [6.07, 6.45) is 1.79. The van der Waals surface area contributed by atoms with Crippen LogP contribution >= 0.6 is 0 Å². The van der Waals surface area contributed by atoms with Crippen molar-refractivity contribution >= 4 is 43.6 Å². The first kappa shape index (κ1) is 15.1. The summed E-state index contributed by atoms with van der Waals surface area (Å²) >= 11 is 0. The van der Waals surface area contributed by atoms with Crippen LogP contribution in [0.2, 0.25) is 0 Å². The van der Waals surface area contributed by atoms with Gasteiger partial charge in [0.15, 0.2) is 0 Å². The van der Waals surface area contributed by atoms with Crippen LogP contribution in [0.25, 0.3) is 55.1 Å². The third kappa shape index (κ3) is 2.23. The van der Waals surface area contributed by atoms with Gasteiger partial charge >= 0.3 is 0 Å². The molecule has 6 rings (SSSR count). The van der Waals surface area contributed by atoms with Crippen LogP contribution in [0.1, 0.15) is 0 Å². The van der Waals surface area contributed by atoms with Crippen LogP contribution in [0.4, 0.5) is 0 Å². The number of pyridine rings is 2. The zero-order chi connectivity index (χ0) is 18.5. The average molecular weight is 359 g/mol. The van der Waals surface area contributed by atoms with Crippen LogP contribution in [0.5, 0.6) is 0 Å². The van der Waals surface area contributed by atoms with Gasteiger partial charge in [-0.2, -0.15) is 0 Å². The molecule has 0 N–H and O–H groups in total. The van der Waals surface area contributed by atoms with Crippen LogP contribution in [0.3, 0.4) is 0 Å². The summed E-state index contributed by atoms with van der Waals surface area (Å²) in [6, 6.07) is 24.2. The summed E-state index contributed by atoms with van der Waals surface area (Å²) in [6.45, 7) is 0. The van der Waals surface area contributed by atoms with Crippen LogP contribution in [-0.4, -0.2) is 25.1 Å². The summed E-state index contributed by atoms with van der Waals surface area (Å²) in [7, 11) is 0. The smallest absolute Gasteiger partial charge is 0.201 e. The van der Waals surface area contributed by atoms with E-state index >= 15 is 0 Å². The Kier molecular flexibility index (Phi) is 3.10. The Morgan fingerprint density at radius 2 is 1.32 bits per heavy atom. The Bertz CT molecular complexity index is 1410. The van der Waals surface area contributed by atoms with E-state index in [1.165, 1.54) is 0 Å². The van der Waals surface area contributed by atoms with Crippen LogP contribution in [0.15, 0.2) is 79.0 Å². The van der Waals surface area contributed by atoms with Crippen molar-refractivity contribution in [1.29, 1.82) is 0 Å². The van der Waals surface area contributed by atoms with Gasteiger partial charge in [-0.1, -0.05) is 54.6 Å². The average Bonchev–Trinajstić information content (AvgIpc) is 2.78. The normalized spacial score (nSPS) is 11.6. The van der Waals surface area contributed by atoms with Crippen LogP contribution in [0, 0.1) is 0 Å². The van der Waals surface area contributed by atoms with Crippen molar-refractivity contribution < 1.29 is 0 Å². The molecule has 0 bridgehead atoms. The molecule has 0 unspecified atom stereocenters. The Morgan fingerprint density at radius 3 is 2.29 bits per heavy atom. The van der Waals surface area contributed by atoms with Gasteiger partial charge in [-0.3, -0.25) is 4.98 Å². The molecule has 0 fully saturated rings. The lowest BCUT2D eigenvalue weighted by Gasteiger charge is -2.06. The molecule has 28 heavy (non-hydrogen) atoms. The molecule has 3 aromatic carbocycles. The minimum absolute atomic E-state index is 0.513. The maximum Gasteiger partial charge on any atom is 0.201 e. The van der Waals surface area contributed by atoms with Crippen molar-refractivity contribution in [3.05, 3.63) is 79.0 Å². The highest BCUT2D eigenvalue weighted by molar-refractivity contribution is 6.05. The van der Waals surface area contributed by atoms with Gasteiger partial charge in [0.05, 0.1) is 11.0 Å². The van der Waals surface area contributed by atoms with Gasteiger partial charge in [-0.15, -0.1) is 10.2 Å². The van der Waals surface area contributed by atoms with E-state index in [1.807, 2.05) is 48.5 Å². The maximum absolute atomic E-state index is 4.83. The Labute approximate surface area is 159 Å². The fourth-order valence-corrected chi connectivity index (χ4v) is 3.63. The van der Waals surface area contributed by atoms with Crippen LogP contribution in [-0.2, 0) is 0 Å². The molecule has 0 spiro atoms. The lowest BCUT2D eigenvalue weighted by molar-refractivity contribution is 1.03. The van der Waals surface area contributed by atoms with Gasteiger partial charge in [0.2, 0.25) is 5.82 Å². The van der Waals surface area contributed by atoms with E-state index in [2.05, 4.69) is 39.4 Å². The molecular formula is C23H13N5. The maximum atomic E-state index is 4.83. The predicted molar refractivity (Wildman–Crippen MR) is 111 cm³/mol. The van der Waals surface area contributed by atoms with Crippen molar-refractivity contribution in [3.63, 3.8) is 0 Å². The second kappa shape index (κ2) is 5.76. The molecule has 5 nitrogen and oxygen atoms in total. The topological polar surface area (TPSA) is 64.5 Å². The molecule has 0 radical (unpaired) electrons. The zero-order valence-corrected chi connectivity index (χ0v) is 14.7. The van der Waals surface area contributed by atoms with Crippen molar-refractivity contribution in [3.8, 4) is 11.5 Å². The van der Waals surface area contributed by atoms with E-state index in [0.717, 1.165) is 43.6 Å². The highest BCUT2D eigenvalue weighted by Crippen LogP contribution is 2.26. The molecule has 0 amide bonds. The lowest BCUT2D eigenvalue weighted by Crippen LogP contribution is -1.97. The summed E-state index contributed by atoms with van der Waals surface area (Å²) in [4.78, 5) is 14.2. The summed E-state index contributed by atoms with van der Waals surface area (Å²) < 4.78 is 0. The largest absolute Gasteiger partial charge is 0.254 e. The standard InChI is InChI=1S/C23H13N5/c1-2-6-17-14(4-1)9-11-18-22(17)26-23(28-27-18)19-12-10-16-8-7-15-5-3-13-24-20(15)21(16)25-19/h1-13H. The highest BCUT2D eigenvalue weighted by atomic mass is 15.2. The van der Waals surface area contributed by atoms with Crippen molar-refractivity contribution in [2.24, 2.45) is 0 Å². The number of benzene rings is 3. The van der Waals surface area contributed by atoms with Gasteiger partial charge in [0.25, 0.3) is 0 Å². The number of nitrogens with zero attached hydrogens (tertiary/aromatic N) is 5. The molecule has 130 valence electrons. The van der Waals surface area contributed by atoms with Crippen molar-refractivity contribution in [2.75, 3.05) is 0 Å². The number of fused-ring (bicyclic) bond motifs is 6. The minimum Gasteiger partial charge on any atom is -0.254 e. The van der Waals surface area contributed by atoms with Gasteiger partial charge in [0, 0.05) is 22.4 Å². The molecule has 6 aromatic rings. The first-order valence-corrected chi connectivity index (χ1v) is 9.04. The van der Waals surface area contributed by atoms with E-state index in [4.69, 9.17) is 9.97 Å². The number of rotatable bonds is 1. The molecule has 3 aromatic heterocycles. The van der Waals surface area contributed by atoms with Gasteiger partial charge in [-0.25, -0.2) is 9.97 Å². The van der Waals surface area contributed by atoms with Crippen molar-refractivity contribution in [2.45, 2.75) is 0 Å². The summed E-state index contributed by atoms with van der Waals surface area (Å²) in [5.41, 5.74) is 4.02. The summed E-state index contributed by atoms with van der Waals surface area (Å²) in [5.74, 6) is 0.513. The van der Waals surface area contributed by atoms with E-state index in [9.17, 15) is 0 Å². The number of hydrogen-bond acceptors (Lipinski definition) is 5. The molecule has 0 aliphatic heterocycles. The quantitative estimate of drug-likeness (QED) is 0.389. The number of hydrogen-bond donors (Lipinski definition) is 0. The number of aromatic nitrogens is 5. The molecule has 0 saturated carbocycles.